The van der Waals surface area contributed by atoms with Crippen molar-refractivity contribution >= 4 is 42.6 Å². The second-order valence-electron chi connectivity index (χ2n) is 9.89. The third-order valence-corrected chi connectivity index (χ3v) is 8.80. The number of carbonyl (C=O) groups is 1. The van der Waals surface area contributed by atoms with E-state index in [1.165, 1.54) is 24.6 Å². The first kappa shape index (κ1) is 29.4. The zero-order valence-corrected chi connectivity index (χ0v) is 25.5. The number of fused-ring (bicyclic) bond motifs is 1. The van der Waals surface area contributed by atoms with Gasteiger partial charge in [-0.15, -0.1) is 0 Å². The molecule has 1 amide bonds. The van der Waals surface area contributed by atoms with Crippen LogP contribution in [0.2, 0.25) is 0 Å². The van der Waals surface area contributed by atoms with Gasteiger partial charge in [0.1, 0.15) is 23.0 Å². The first-order valence-corrected chi connectivity index (χ1v) is 15.7. The number of benzene rings is 5. The lowest BCUT2D eigenvalue weighted by atomic mass is 9.94. The lowest BCUT2D eigenvalue weighted by molar-refractivity contribution is -0.119. The fourth-order valence-corrected chi connectivity index (χ4v) is 6.52. The summed E-state index contributed by atoms with van der Waals surface area (Å²) in [5, 5.41) is 2.33. The van der Waals surface area contributed by atoms with Crippen molar-refractivity contribution < 1.29 is 22.7 Å². The smallest absolute Gasteiger partial charge is 0.267 e. The van der Waals surface area contributed by atoms with Crippen molar-refractivity contribution in [2.24, 2.45) is 0 Å². The summed E-state index contributed by atoms with van der Waals surface area (Å²) < 4.78 is 39.9. The van der Waals surface area contributed by atoms with Gasteiger partial charge in [-0.25, -0.2) is 13.1 Å². The first-order chi connectivity index (χ1) is 20.3. The summed E-state index contributed by atoms with van der Waals surface area (Å²) in [4.78, 5) is 12.8. The number of hydrogen-bond acceptors (Lipinski definition) is 5. The molecule has 5 aromatic carbocycles. The van der Waals surface area contributed by atoms with E-state index >= 15 is 0 Å². The van der Waals surface area contributed by atoms with Gasteiger partial charge >= 0.3 is 0 Å². The van der Waals surface area contributed by atoms with Crippen LogP contribution in [0.15, 0.2) is 119 Å². The SMILES string of the molecule is COc1ccc(Br)cc1S(=O)(=O)NC(=O)CCc1ccc(COc2ccccc2)cc1Cc1ccc2ccccc2c1. The van der Waals surface area contributed by atoms with Gasteiger partial charge in [-0.05, 0) is 76.2 Å². The Morgan fingerprint density at radius 3 is 2.31 bits per heavy atom. The molecule has 0 aromatic heterocycles. The maximum Gasteiger partial charge on any atom is 0.267 e. The highest BCUT2D eigenvalue weighted by Gasteiger charge is 2.22. The van der Waals surface area contributed by atoms with E-state index in [0.717, 1.165) is 33.4 Å². The van der Waals surface area contributed by atoms with E-state index in [1.54, 1.807) is 6.07 Å². The lowest BCUT2D eigenvalue weighted by Gasteiger charge is -2.14. The van der Waals surface area contributed by atoms with E-state index in [4.69, 9.17) is 9.47 Å². The molecule has 0 heterocycles. The number of ether oxygens (including phenoxy) is 2. The number of para-hydroxylation sites is 1. The number of hydrogen-bond donors (Lipinski definition) is 1. The summed E-state index contributed by atoms with van der Waals surface area (Å²) in [7, 11) is -2.74. The Kier molecular flexibility index (Phi) is 9.25. The van der Waals surface area contributed by atoms with Gasteiger partial charge in [-0.2, -0.15) is 0 Å². The van der Waals surface area contributed by atoms with E-state index < -0.39 is 15.9 Å². The summed E-state index contributed by atoms with van der Waals surface area (Å²) in [6.45, 7) is 0.405. The summed E-state index contributed by atoms with van der Waals surface area (Å²) in [6, 6.07) is 35.0. The van der Waals surface area contributed by atoms with Crippen molar-refractivity contribution in [2.75, 3.05) is 7.11 Å². The fraction of sp³-hybridized carbons (Fsp3) is 0.147. The monoisotopic (exact) mass is 643 g/mol. The summed E-state index contributed by atoms with van der Waals surface area (Å²) >= 11 is 3.28. The standard InChI is InChI=1S/C34H30BrNO5S/c1-40-32-17-16-30(35)22-33(32)42(38,39)36-34(37)18-15-27-14-12-25(23-41-31-9-3-2-4-10-31)21-29(27)20-24-11-13-26-7-5-6-8-28(26)19-24/h2-14,16-17,19,21-22H,15,18,20,23H2,1H3,(H,36,37). The molecule has 0 fully saturated rings. The van der Waals surface area contributed by atoms with Gasteiger partial charge in [0, 0.05) is 10.9 Å². The van der Waals surface area contributed by atoms with Crippen LogP contribution in [0, 0.1) is 0 Å². The van der Waals surface area contributed by atoms with E-state index in [-0.39, 0.29) is 17.1 Å². The largest absolute Gasteiger partial charge is 0.495 e. The van der Waals surface area contributed by atoms with Gasteiger partial charge in [0.05, 0.1) is 7.11 Å². The highest BCUT2D eigenvalue weighted by atomic mass is 79.9. The number of amides is 1. The summed E-state index contributed by atoms with van der Waals surface area (Å²) in [5.41, 5.74) is 4.18. The Balaban J connectivity index is 1.35. The Bertz CT molecular complexity index is 1820. The van der Waals surface area contributed by atoms with Gasteiger partial charge in [0.15, 0.2) is 0 Å². The van der Waals surface area contributed by atoms with Crippen LogP contribution in [-0.4, -0.2) is 21.4 Å². The van der Waals surface area contributed by atoms with Crippen molar-refractivity contribution in [3.63, 3.8) is 0 Å². The lowest BCUT2D eigenvalue weighted by Crippen LogP contribution is -2.31. The number of aryl methyl sites for hydroxylation is 1. The molecule has 0 aliphatic heterocycles. The van der Waals surface area contributed by atoms with Crippen LogP contribution < -0.4 is 14.2 Å². The molecular weight excluding hydrogens is 614 g/mol. The fourth-order valence-electron chi connectivity index (χ4n) is 4.79. The number of halogens is 1. The highest BCUT2D eigenvalue weighted by Crippen LogP contribution is 2.27. The van der Waals surface area contributed by atoms with Gasteiger partial charge in [-0.3, -0.25) is 4.79 Å². The molecule has 8 heteroatoms. The molecule has 0 atom stereocenters. The average molecular weight is 645 g/mol. The third-order valence-electron chi connectivity index (χ3n) is 6.91. The number of sulfonamides is 1. The Morgan fingerprint density at radius 2 is 1.52 bits per heavy atom. The number of rotatable bonds is 11. The maximum absolute atomic E-state index is 13.0. The molecule has 5 aromatic rings. The van der Waals surface area contributed by atoms with Crippen molar-refractivity contribution in [3.05, 3.63) is 136 Å². The molecule has 6 nitrogen and oxygen atoms in total. The van der Waals surface area contributed by atoms with E-state index in [2.05, 4.69) is 57.1 Å². The highest BCUT2D eigenvalue weighted by molar-refractivity contribution is 9.10. The van der Waals surface area contributed by atoms with Crippen LogP contribution in [0.3, 0.4) is 0 Å². The molecule has 0 bridgehead atoms. The van der Waals surface area contributed by atoms with E-state index in [1.807, 2.05) is 54.6 Å². The van der Waals surface area contributed by atoms with Crippen LogP contribution >= 0.6 is 15.9 Å². The minimum atomic E-state index is -4.12. The van der Waals surface area contributed by atoms with Crippen LogP contribution in [0.5, 0.6) is 11.5 Å². The molecule has 0 unspecified atom stereocenters. The van der Waals surface area contributed by atoms with Gasteiger partial charge in [-0.1, -0.05) is 94.8 Å². The van der Waals surface area contributed by atoms with Crippen LogP contribution in [0.25, 0.3) is 10.8 Å². The Labute approximate surface area is 254 Å². The molecule has 0 aliphatic carbocycles. The molecular formula is C34H30BrNO5S. The molecule has 214 valence electrons. The molecule has 0 saturated carbocycles. The van der Waals surface area contributed by atoms with E-state index in [0.29, 0.717) is 23.9 Å². The van der Waals surface area contributed by atoms with Crippen molar-refractivity contribution in [2.45, 2.75) is 30.8 Å². The van der Waals surface area contributed by atoms with Gasteiger partial charge < -0.3 is 9.47 Å². The van der Waals surface area contributed by atoms with E-state index in [9.17, 15) is 13.2 Å². The third kappa shape index (κ3) is 7.38. The number of carbonyl (C=O) groups excluding carboxylic acids is 1. The predicted molar refractivity (Wildman–Crippen MR) is 168 cm³/mol. The van der Waals surface area contributed by atoms with Gasteiger partial charge in [0.25, 0.3) is 10.0 Å². The second kappa shape index (κ2) is 13.2. The number of methoxy groups -OCH3 is 1. The minimum Gasteiger partial charge on any atom is -0.495 e. The Hall–Kier alpha value is -4.14. The van der Waals surface area contributed by atoms with Crippen LogP contribution in [0.4, 0.5) is 0 Å². The second-order valence-corrected chi connectivity index (χ2v) is 12.5. The zero-order chi connectivity index (χ0) is 29.5. The average Bonchev–Trinajstić information content (AvgIpc) is 3.00. The van der Waals surface area contributed by atoms with Crippen LogP contribution in [-0.2, 0) is 34.3 Å². The van der Waals surface area contributed by atoms with Gasteiger partial charge in [0.2, 0.25) is 5.91 Å². The minimum absolute atomic E-state index is 0.000130. The first-order valence-electron chi connectivity index (χ1n) is 13.5. The molecule has 0 aliphatic rings. The molecule has 0 radical (unpaired) electrons. The molecule has 0 saturated heterocycles. The van der Waals surface area contributed by atoms with Crippen molar-refractivity contribution in [1.82, 2.24) is 4.72 Å². The normalized spacial score (nSPS) is 11.3. The number of nitrogens with one attached hydrogen (secondary N) is 1. The van der Waals surface area contributed by atoms with Crippen molar-refractivity contribution in [1.29, 1.82) is 0 Å². The van der Waals surface area contributed by atoms with Crippen molar-refractivity contribution in [3.8, 4) is 11.5 Å². The molecule has 0 spiro atoms. The molecule has 1 N–H and O–H groups in total. The quantitative estimate of drug-likeness (QED) is 0.164. The molecule has 42 heavy (non-hydrogen) atoms. The zero-order valence-electron chi connectivity index (χ0n) is 23.0. The summed E-state index contributed by atoms with van der Waals surface area (Å²) in [5.74, 6) is 0.354. The summed E-state index contributed by atoms with van der Waals surface area (Å²) in [6.07, 6.45) is 1.04. The predicted octanol–water partition coefficient (Wildman–Crippen LogP) is 7.22. The maximum atomic E-state index is 13.0. The molecule has 5 rings (SSSR count). The van der Waals surface area contributed by atoms with Crippen LogP contribution in [0.1, 0.15) is 28.7 Å². The topological polar surface area (TPSA) is 81.7 Å². The Morgan fingerprint density at radius 1 is 0.786 bits per heavy atom.